The largest absolute Gasteiger partial charge is 0.462 e. The van der Waals surface area contributed by atoms with E-state index < -0.39 is 49.5 Å². The van der Waals surface area contributed by atoms with Gasteiger partial charge in [0.05, 0.1) is 29.0 Å². The number of terminal acetylenes is 1. The number of hydrogen-bond donors (Lipinski definition) is 1. The molecule has 61 heavy (non-hydrogen) atoms. The van der Waals surface area contributed by atoms with Gasteiger partial charge in [0.25, 0.3) is 0 Å². The lowest BCUT2D eigenvalue weighted by Gasteiger charge is -2.33. The van der Waals surface area contributed by atoms with Gasteiger partial charge in [-0.25, -0.2) is 13.3 Å². The van der Waals surface area contributed by atoms with Gasteiger partial charge >= 0.3 is 19.7 Å². The molecule has 16 heteroatoms. The highest BCUT2D eigenvalue weighted by Crippen LogP contribution is 2.49. The lowest BCUT2D eigenvalue weighted by Crippen LogP contribution is -2.44. The Balaban J connectivity index is 1.40. The van der Waals surface area contributed by atoms with Gasteiger partial charge in [0.2, 0.25) is 5.91 Å². The summed E-state index contributed by atoms with van der Waals surface area (Å²) in [4.78, 5) is 41.2. The number of alkyl halides is 1. The number of carbonyl (C=O) groups excluding carboxylic acids is 2. The summed E-state index contributed by atoms with van der Waals surface area (Å²) in [6.07, 6.45) is 8.89. The van der Waals surface area contributed by atoms with Crippen LogP contribution in [0.2, 0.25) is 0 Å². The lowest BCUT2D eigenvalue weighted by molar-refractivity contribution is -0.149. The standard InChI is InChI=1S/C45H59F2N6O7P/c1-11-35-38(47)18-16-31-20-34(60-61(56,59-28(5)6)50-29(7)43(55)58-27(3)4)22-37(41(31)35)30-15-17-36-39(21-30)48-44(57-26-45(8)23-32(46)24-52(45)10)49-42(36)51(9)25-33-14-13-19-53(33)40(54)12-2/h1,12,16,18,20,22,27-30,32-33H,2,13-15,17,19,21,23-26H2,3-10H3,(H,50,56)/t29-,30+,32+,33-,45-,61?/m0/s1. The van der Waals surface area contributed by atoms with Crippen molar-refractivity contribution in [2.24, 2.45) is 0 Å². The first-order chi connectivity index (χ1) is 28.8. The van der Waals surface area contributed by atoms with Crippen molar-refractivity contribution in [1.82, 2.24) is 24.9 Å². The molecule has 1 amide bonds. The van der Waals surface area contributed by atoms with Gasteiger partial charge in [-0.2, -0.15) is 15.1 Å². The molecule has 3 aromatic rings. The number of likely N-dealkylation sites (N-methyl/N-ethyl adjacent to an activating group) is 2. The molecule has 1 N–H and O–H groups in total. The molecule has 1 unspecified atom stereocenters. The highest BCUT2D eigenvalue weighted by Gasteiger charge is 2.41. The number of amides is 1. The van der Waals surface area contributed by atoms with E-state index in [1.165, 1.54) is 19.1 Å². The molecule has 3 heterocycles. The number of carbonyl (C=O) groups is 2. The number of esters is 1. The lowest BCUT2D eigenvalue weighted by atomic mass is 9.79. The van der Waals surface area contributed by atoms with Crippen molar-refractivity contribution in [3.8, 4) is 24.1 Å². The van der Waals surface area contributed by atoms with Gasteiger partial charge in [-0.1, -0.05) is 18.6 Å². The van der Waals surface area contributed by atoms with E-state index >= 15 is 4.39 Å². The summed E-state index contributed by atoms with van der Waals surface area (Å²) in [6.45, 7) is 15.6. The Morgan fingerprint density at radius 2 is 1.93 bits per heavy atom. The Bertz CT molecular complexity index is 2240. The number of aromatic nitrogens is 2. The third-order valence-electron chi connectivity index (χ3n) is 11.8. The van der Waals surface area contributed by atoms with Crippen LogP contribution in [0.3, 0.4) is 0 Å². The van der Waals surface area contributed by atoms with Crippen LogP contribution in [0.25, 0.3) is 10.8 Å². The van der Waals surface area contributed by atoms with E-state index in [4.69, 9.17) is 34.9 Å². The number of hydrogen-bond acceptors (Lipinski definition) is 11. The number of rotatable bonds is 16. The number of fused-ring (bicyclic) bond motifs is 2. The normalized spacial score (nSPS) is 23.1. The van der Waals surface area contributed by atoms with Crippen LogP contribution in [-0.4, -0.2) is 108 Å². The number of benzene rings is 2. The third-order valence-corrected chi connectivity index (χ3v) is 13.6. The van der Waals surface area contributed by atoms with Crippen molar-refractivity contribution < 1.29 is 41.5 Å². The maximum atomic E-state index is 15.5. The summed E-state index contributed by atoms with van der Waals surface area (Å²) in [6, 6.07) is 5.26. The number of ether oxygens (including phenoxy) is 2. The Morgan fingerprint density at radius 1 is 1.18 bits per heavy atom. The minimum absolute atomic E-state index is 0.0467. The van der Waals surface area contributed by atoms with E-state index in [9.17, 15) is 18.5 Å². The number of halogens is 2. The summed E-state index contributed by atoms with van der Waals surface area (Å²) in [7, 11) is -0.399. The Hall–Kier alpha value is -4.61. The van der Waals surface area contributed by atoms with Crippen molar-refractivity contribution in [2.45, 2.75) is 122 Å². The Morgan fingerprint density at radius 3 is 2.59 bits per heavy atom. The van der Waals surface area contributed by atoms with Gasteiger partial charge in [-0.3, -0.25) is 19.0 Å². The molecule has 0 bridgehead atoms. The van der Waals surface area contributed by atoms with Crippen molar-refractivity contribution in [2.75, 3.05) is 45.2 Å². The molecule has 3 aliphatic rings. The quantitative estimate of drug-likeness (QED) is 0.0671. The van der Waals surface area contributed by atoms with Gasteiger partial charge < -0.3 is 23.8 Å². The topological polar surface area (TPSA) is 136 Å². The van der Waals surface area contributed by atoms with Crippen molar-refractivity contribution in [3.05, 3.63) is 65.1 Å². The zero-order valence-electron chi connectivity index (χ0n) is 36.5. The second-order valence-electron chi connectivity index (χ2n) is 17.3. The number of nitrogens with zero attached hydrogens (tertiary/aromatic N) is 5. The van der Waals surface area contributed by atoms with Gasteiger partial charge in [0, 0.05) is 50.1 Å². The summed E-state index contributed by atoms with van der Waals surface area (Å²) >= 11 is 0. The van der Waals surface area contributed by atoms with E-state index in [0.717, 1.165) is 18.4 Å². The van der Waals surface area contributed by atoms with Gasteiger partial charge in [-0.05, 0) is 122 Å². The predicted octanol–water partition coefficient (Wildman–Crippen LogP) is 7.29. The highest BCUT2D eigenvalue weighted by atomic mass is 31.2. The molecule has 1 aromatic heterocycles. The average Bonchev–Trinajstić information content (AvgIpc) is 3.76. The SMILES string of the molecule is C#Cc1c(F)ccc2cc(OP(=O)(N[C@@H](C)C(=O)OC(C)C)OC(C)C)cc([C@@H]3CCc4c(nc(OC[C@]5(C)C[C@@H](F)CN5C)nc4N(C)C[C@@H]4CCCN4C(=O)C=C)C3)c12. The summed E-state index contributed by atoms with van der Waals surface area (Å²) in [5, 5.41) is 3.80. The molecule has 2 aromatic carbocycles. The van der Waals surface area contributed by atoms with Crippen LogP contribution in [0.4, 0.5) is 14.6 Å². The Kier molecular flexibility index (Phi) is 14.1. The fourth-order valence-corrected chi connectivity index (χ4v) is 10.4. The summed E-state index contributed by atoms with van der Waals surface area (Å²) in [5.41, 5.74) is 1.80. The summed E-state index contributed by atoms with van der Waals surface area (Å²) < 4.78 is 68.1. The second kappa shape index (κ2) is 18.8. The van der Waals surface area contributed by atoms with E-state index in [0.29, 0.717) is 73.2 Å². The minimum Gasteiger partial charge on any atom is -0.462 e. The van der Waals surface area contributed by atoms with Crippen LogP contribution in [0.5, 0.6) is 11.8 Å². The molecule has 0 radical (unpaired) electrons. The molecule has 0 saturated carbocycles. The van der Waals surface area contributed by atoms with E-state index in [-0.39, 0.29) is 41.8 Å². The van der Waals surface area contributed by atoms with Crippen LogP contribution >= 0.6 is 7.75 Å². The second-order valence-corrected chi connectivity index (χ2v) is 19.0. The zero-order chi connectivity index (χ0) is 44.4. The van der Waals surface area contributed by atoms with Crippen molar-refractivity contribution >= 4 is 36.2 Å². The van der Waals surface area contributed by atoms with Crippen LogP contribution < -0.4 is 19.2 Å². The molecular weight excluding hydrogens is 805 g/mol. The van der Waals surface area contributed by atoms with Crippen molar-refractivity contribution in [1.29, 1.82) is 0 Å². The van der Waals surface area contributed by atoms with Gasteiger partial charge in [0.15, 0.2) is 0 Å². The molecule has 6 rings (SSSR count). The maximum Gasteiger partial charge on any atom is 0.459 e. The highest BCUT2D eigenvalue weighted by molar-refractivity contribution is 7.52. The monoisotopic (exact) mass is 864 g/mol. The first kappa shape index (κ1) is 45.9. The molecule has 2 saturated heterocycles. The fraction of sp³-hybridized carbons (Fsp3) is 0.556. The number of likely N-dealkylation sites (tertiary alicyclic amines) is 2. The first-order valence-electron chi connectivity index (χ1n) is 21.0. The van der Waals surface area contributed by atoms with Gasteiger partial charge in [-0.15, -0.1) is 6.42 Å². The maximum absolute atomic E-state index is 15.5. The van der Waals surface area contributed by atoms with Crippen LogP contribution in [0, 0.1) is 18.2 Å². The number of anilines is 1. The molecule has 2 aliphatic heterocycles. The zero-order valence-corrected chi connectivity index (χ0v) is 37.4. The average molecular weight is 865 g/mol. The van der Waals surface area contributed by atoms with E-state index in [1.54, 1.807) is 45.9 Å². The van der Waals surface area contributed by atoms with E-state index in [1.807, 2.05) is 35.7 Å². The summed E-state index contributed by atoms with van der Waals surface area (Å²) in [5.74, 6) is 1.79. The molecule has 6 atom stereocenters. The third kappa shape index (κ3) is 10.4. The predicted molar refractivity (Wildman–Crippen MR) is 231 cm³/mol. The van der Waals surface area contributed by atoms with Gasteiger partial charge in [0.1, 0.15) is 36.2 Å². The van der Waals surface area contributed by atoms with Crippen LogP contribution in [-0.2, 0) is 36.3 Å². The molecule has 330 valence electrons. The smallest absolute Gasteiger partial charge is 0.459 e. The van der Waals surface area contributed by atoms with Crippen molar-refractivity contribution in [3.63, 3.8) is 0 Å². The fourth-order valence-electron chi connectivity index (χ4n) is 8.74. The molecule has 1 aliphatic carbocycles. The van der Waals surface area contributed by atoms with Crippen LogP contribution in [0.15, 0.2) is 36.9 Å². The van der Waals surface area contributed by atoms with E-state index in [2.05, 4.69) is 17.6 Å². The minimum atomic E-state index is -4.22. The first-order valence-corrected chi connectivity index (χ1v) is 22.6. The molecule has 2 fully saturated rings. The Labute approximate surface area is 358 Å². The molecule has 0 spiro atoms. The molecular formula is C45H59F2N6O7P. The number of nitrogens with one attached hydrogen (secondary N) is 1. The molecule has 13 nitrogen and oxygen atoms in total. The van der Waals surface area contributed by atoms with Crippen LogP contribution in [0.1, 0.15) is 95.5 Å².